The predicted molar refractivity (Wildman–Crippen MR) is 131 cm³/mol. The molecule has 0 bridgehead atoms. The van der Waals surface area contributed by atoms with E-state index in [1.165, 1.54) is 5.01 Å². The number of para-hydroxylation sites is 1. The average Bonchev–Trinajstić information content (AvgIpc) is 3.08. The highest BCUT2D eigenvalue weighted by atomic mass is 79.9. The number of ether oxygens (including phenoxy) is 2. The topological polar surface area (TPSA) is 51.1 Å². The van der Waals surface area contributed by atoms with Crippen LogP contribution in [0, 0.1) is 0 Å². The first kappa shape index (κ1) is 21.8. The highest BCUT2D eigenvalue weighted by molar-refractivity contribution is 9.10. The van der Waals surface area contributed by atoms with Crippen molar-refractivity contribution < 1.29 is 14.3 Å². The van der Waals surface area contributed by atoms with Crippen LogP contribution in [0.5, 0.6) is 11.5 Å². The first-order valence-electron chi connectivity index (χ1n) is 10.4. The summed E-state index contributed by atoms with van der Waals surface area (Å²) >= 11 is 3.61. The van der Waals surface area contributed by atoms with Gasteiger partial charge in [-0.1, -0.05) is 48.5 Å². The van der Waals surface area contributed by atoms with Crippen LogP contribution in [0.3, 0.4) is 0 Å². The van der Waals surface area contributed by atoms with Crippen molar-refractivity contribution in [2.75, 3.05) is 11.6 Å². The second-order valence-corrected chi connectivity index (χ2v) is 8.09. The first-order chi connectivity index (χ1) is 15.6. The lowest BCUT2D eigenvalue weighted by Crippen LogP contribution is -2.21. The van der Waals surface area contributed by atoms with E-state index in [1.807, 2.05) is 92.7 Å². The Hall–Kier alpha value is -3.38. The summed E-state index contributed by atoms with van der Waals surface area (Å²) < 4.78 is 12.7. The number of rotatable bonds is 7. The van der Waals surface area contributed by atoms with Crippen LogP contribution in [-0.2, 0) is 11.4 Å². The van der Waals surface area contributed by atoms with E-state index in [0.29, 0.717) is 36.0 Å². The molecule has 162 valence electrons. The van der Waals surface area contributed by atoms with Crippen LogP contribution >= 0.6 is 15.9 Å². The van der Waals surface area contributed by atoms with Gasteiger partial charge in [0.1, 0.15) is 6.61 Å². The van der Waals surface area contributed by atoms with Crippen LogP contribution < -0.4 is 14.5 Å². The van der Waals surface area contributed by atoms with Crippen molar-refractivity contribution in [3.63, 3.8) is 0 Å². The fourth-order valence-corrected chi connectivity index (χ4v) is 3.97. The largest absolute Gasteiger partial charge is 0.490 e. The molecule has 1 aliphatic heterocycles. The van der Waals surface area contributed by atoms with E-state index in [0.717, 1.165) is 21.3 Å². The molecule has 32 heavy (non-hydrogen) atoms. The predicted octanol–water partition coefficient (Wildman–Crippen LogP) is 6.23. The van der Waals surface area contributed by atoms with E-state index in [4.69, 9.17) is 9.47 Å². The monoisotopic (exact) mass is 490 g/mol. The van der Waals surface area contributed by atoms with Gasteiger partial charge in [-0.3, -0.25) is 4.79 Å². The lowest BCUT2D eigenvalue weighted by Gasteiger charge is -2.15. The average molecular weight is 491 g/mol. The minimum absolute atomic E-state index is 0.160. The van der Waals surface area contributed by atoms with Gasteiger partial charge in [0.05, 0.1) is 28.1 Å². The molecule has 1 amide bonds. The second-order valence-electron chi connectivity index (χ2n) is 7.23. The number of benzene rings is 3. The molecule has 0 fully saturated rings. The summed E-state index contributed by atoms with van der Waals surface area (Å²) in [5.41, 5.74) is 3.83. The number of amides is 1. The molecule has 0 N–H and O–H groups in total. The van der Waals surface area contributed by atoms with Gasteiger partial charge < -0.3 is 9.47 Å². The summed E-state index contributed by atoms with van der Waals surface area (Å²) in [5.74, 6) is 1.09. The maximum absolute atomic E-state index is 13.0. The Labute approximate surface area is 196 Å². The number of carbonyl (C=O) groups is 1. The van der Waals surface area contributed by atoms with Crippen LogP contribution in [0.25, 0.3) is 6.08 Å². The zero-order valence-corrected chi connectivity index (χ0v) is 19.5. The van der Waals surface area contributed by atoms with Crippen LogP contribution in [0.1, 0.15) is 25.0 Å². The van der Waals surface area contributed by atoms with Gasteiger partial charge in [0.2, 0.25) is 0 Å². The quantitative estimate of drug-likeness (QED) is 0.368. The van der Waals surface area contributed by atoms with Gasteiger partial charge in [0.25, 0.3) is 5.91 Å². The fraction of sp³-hybridized carbons (Fsp3) is 0.154. The minimum atomic E-state index is -0.160. The molecule has 3 aromatic rings. The maximum atomic E-state index is 13.0. The Morgan fingerprint density at radius 1 is 1.00 bits per heavy atom. The van der Waals surface area contributed by atoms with Crippen LogP contribution in [0.2, 0.25) is 0 Å². The number of hydrogen-bond acceptors (Lipinski definition) is 4. The first-order valence-corrected chi connectivity index (χ1v) is 11.2. The molecule has 0 saturated heterocycles. The van der Waals surface area contributed by atoms with E-state index in [1.54, 1.807) is 0 Å². The molecule has 3 aromatic carbocycles. The number of hydrogen-bond donors (Lipinski definition) is 0. The zero-order chi connectivity index (χ0) is 22.5. The Bertz CT molecular complexity index is 1170. The number of carbonyl (C=O) groups excluding carboxylic acids is 1. The molecule has 5 nitrogen and oxygen atoms in total. The summed E-state index contributed by atoms with van der Waals surface area (Å²) in [6, 6.07) is 23.2. The molecule has 0 unspecified atom stereocenters. The van der Waals surface area contributed by atoms with Gasteiger partial charge >= 0.3 is 0 Å². The van der Waals surface area contributed by atoms with Crippen molar-refractivity contribution in [2.24, 2.45) is 5.10 Å². The second kappa shape index (κ2) is 9.83. The third-order valence-corrected chi connectivity index (χ3v) is 5.52. The molecule has 1 heterocycles. The summed E-state index contributed by atoms with van der Waals surface area (Å²) in [6.45, 7) is 4.68. The van der Waals surface area contributed by atoms with Crippen molar-refractivity contribution in [1.29, 1.82) is 0 Å². The Morgan fingerprint density at radius 2 is 1.69 bits per heavy atom. The number of halogens is 1. The zero-order valence-electron chi connectivity index (χ0n) is 17.9. The molecule has 1 aliphatic rings. The van der Waals surface area contributed by atoms with Gasteiger partial charge in [0, 0.05) is 0 Å². The molecular formula is C26H23BrN2O3. The van der Waals surface area contributed by atoms with E-state index in [9.17, 15) is 4.79 Å². The molecule has 0 radical (unpaired) electrons. The van der Waals surface area contributed by atoms with Gasteiger partial charge in [-0.25, -0.2) is 0 Å². The van der Waals surface area contributed by atoms with Crippen LogP contribution in [-0.4, -0.2) is 18.2 Å². The Kier molecular flexibility index (Phi) is 6.71. The number of hydrazone groups is 1. The van der Waals surface area contributed by atoms with Gasteiger partial charge in [-0.15, -0.1) is 0 Å². The smallest absolute Gasteiger partial charge is 0.280 e. The van der Waals surface area contributed by atoms with Crippen molar-refractivity contribution in [2.45, 2.75) is 20.5 Å². The van der Waals surface area contributed by atoms with Crippen molar-refractivity contribution >= 4 is 39.3 Å². The fourth-order valence-electron chi connectivity index (χ4n) is 3.40. The normalized spacial score (nSPS) is 14.6. The molecule has 0 aromatic heterocycles. The van der Waals surface area contributed by atoms with E-state index < -0.39 is 0 Å². The standard InChI is InChI=1S/C26H23BrN2O3/c1-3-31-24-16-20(15-23(27)25(24)32-17-19-10-6-4-7-11-19)14-22-18(2)28-29(26(22)30)21-12-8-5-9-13-21/h4-16H,3,17H2,1-2H3/b22-14+. The molecule has 0 spiro atoms. The Balaban J connectivity index is 1.62. The summed E-state index contributed by atoms with van der Waals surface area (Å²) in [4.78, 5) is 13.0. The maximum Gasteiger partial charge on any atom is 0.280 e. The molecular weight excluding hydrogens is 468 g/mol. The van der Waals surface area contributed by atoms with Crippen molar-refractivity contribution in [3.05, 3.63) is 94.0 Å². The van der Waals surface area contributed by atoms with Crippen LogP contribution in [0.15, 0.2) is 87.9 Å². The number of nitrogens with zero attached hydrogens (tertiary/aromatic N) is 2. The Morgan fingerprint density at radius 3 is 2.38 bits per heavy atom. The van der Waals surface area contributed by atoms with Crippen LogP contribution in [0.4, 0.5) is 5.69 Å². The van der Waals surface area contributed by atoms with E-state index >= 15 is 0 Å². The molecule has 0 saturated carbocycles. The molecule has 4 rings (SSSR count). The minimum Gasteiger partial charge on any atom is -0.490 e. The highest BCUT2D eigenvalue weighted by Gasteiger charge is 2.28. The van der Waals surface area contributed by atoms with Gasteiger partial charge in [0.15, 0.2) is 11.5 Å². The van der Waals surface area contributed by atoms with Gasteiger partial charge in [-0.05, 0) is 71.2 Å². The van der Waals surface area contributed by atoms with E-state index in [2.05, 4.69) is 21.0 Å². The summed E-state index contributed by atoms with van der Waals surface area (Å²) in [5, 5.41) is 5.87. The third kappa shape index (κ3) is 4.75. The molecule has 6 heteroatoms. The number of anilines is 1. The summed E-state index contributed by atoms with van der Waals surface area (Å²) in [6.07, 6.45) is 1.83. The SMILES string of the molecule is CCOc1cc(/C=C2/C(=O)N(c3ccccc3)N=C2C)cc(Br)c1OCc1ccccc1. The molecule has 0 aliphatic carbocycles. The lowest BCUT2D eigenvalue weighted by atomic mass is 10.1. The van der Waals surface area contributed by atoms with Gasteiger partial charge in [-0.2, -0.15) is 10.1 Å². The lowest BCUT2D eigenvalue weighted by molar-refractivity contribution is -0.114. The van der Waals surface area contributed by atoms with E-state index in [-0.39, 0.29) is 5.91 Å². The molecule has 0 atom stereocenters. The third-order valence-electron chi connectivity index (χ3n) is 4.93. The summed E-state index contributed by atoms with van der Waals surface area (Å²) in [7, 11) is 0. The van der Waals surface area contributed by atoms with Crippen molar-refractivity contribution in [1.82, 2.24) is 0 Å². The van der Waals surface area contributed by atoms with Crippen molar-refractivity contribution in [3.8, 4) is 11.5 Å². The highest BCUT2D eigenvalue weighted by Crippen LogP contribution is 2.38.